The Morgan fingerprint density at radius 1 is 1.22 bits per heavy atom. The molecule has 0 fully saturated rings. The van der Waals surface area contributed by atoms with Crippen molar-refractivity contribution in [1.82, 2.24) is 9.97 Å². The molecule has 1 aromatic heterocycles. The number of nitrogens with zero attached hydrogens (tertiary/aromatic N) is 2. The Hall–Kier alpha value is -2.40. The molecule has 1 N–H and O–H groups in total. The van der Waals surface area contributed by atoms with Crippen molar-refractivity contribution in [2.45, 2.75) is 20.8 Å². The van der Waals surface area contributed by atoms with E-state index in [4.69, 9.17) is 16.3 Å². The number of nitrogens with one attached hydrogen (secondary N) is 1. The maximum atomic E-state index is 12.1. The minimum Gasteiger partial charge on any atom is -0.464 e. The second-order valence-electron chi connectivity index (χ2n) is 4.86. The quantitative estimate of drug-likeness (QED) is 0.846. The SMILES string of the molecule is CCOc1nc(C)c(NC(=O)/C=C/c2ccc(Cl)cc2)c(C)n1. The molecule has 2 aromatic rings. The zero-order chi connectivity index (χ0) is 16.8. The van der Waals surface area contributed by atoms with Gasteiger partial charge in [-0.25, -0.2) is 0 Å². The molecule has 0 saturated carbocycles. The third-order valence-corrected chi connectivity index (χ3v) is 3.32. The highest BCUT2D eigenvalue weighted by Gasteiger charge is 2.10. The van der Waals surface area contributed by atoms with Crippen molar-refractivity contribution >= 4 is 29.3 Å². The standard InChI is InChI=1S/C17H18ClN3O2/c1-4-23-17-19-11(2)16(12(3)20-17)21-15(22)10-7-13-5-8-14(18)9-6-13/h5-10H,4H2,1-3H3,(H,21,22)/b10-7+. The third-order valence-electron chi connectivity index (χ3n) is 3.07. The monoisotopic (exact) mass is 331 g/mol. The lowest BCUT2D eigenvalue weighted by Gasteiger charge is -2.10. The summed E-state index contributed by atoms with van der Waals surface area (Å²) in [4.78, 5) is 20.5. The molecule has 120 valence electrons. The minimum absolute atomic E-state index is 0.251. The smallest absolute Gasteiger partial charge is 0.316 e. The fraction of sp³-hybridized carbons (Fsp3) is 0.235. The molecule has 0 aliphatic heterocycles. The third kappa shape index (κ3) is 4.79. The van der Waals surface area contributed by atoms with E-state index in [1.54, 1.807) is 32.1 Å². The molecule has 2 rings (SSSR count). The lowest BCUT2D eigenvalue weighted by atomic mass is 10.2. The Kier molecular flexibility index (Phi) is 5.71. The number of rotatable bonds is 5. The molecular weight excluding hydrogens is 314 g/mol. The predicted molar refractivity (Wildman–Crippen MR) is 91.8 cm³/mol. The van der Waals surface area contributed by atoms with Gasteiger partial charge in [-0.1, -0.05) is 23.7 Å². The molecule has 5 nitrogen and oxygen atoms in total. The number of anilines is 1. The highest BCUT2D eigenvalue weighted by Crippen LogP contribution is 2.19. The first-order chi connectivity index (χ1) is 11.0. The molecular formula is C17H18ClN3O2. The molecule has 0 saturated heterocycles. The van der Waals surface area contributed by atoms with Gasteiger partial charge in [0.1, 0.15) is 0 Å². The number of carbonyl (C=O) groups is 1. The van der Waals surface area contributed by atoms with Crippen molar-refractivity contribution in [3.63, 3.8) is 0 Å². The van der Waals surface area contributed by atoms with E-state index < -0.39 is 0 Å². The zero-order valence-corrected chi connectivity index (χ0v) is 14.0. The molecule has 0 atom stereocenters. The van der Waals surface area contributed by atoms with Gasteiger partial charge in [0.25, 0.3) is 0 Å². The molecule has 23 heavy (non-hydrogen) atoms. The van der Waals surface area contributed by atoms with Gasteiger partial charge >= 0.3 is 6.01 Å². The summed E-state index contributed by atoms with van der Waals surface area (Å²) in [5, 5.41) is 3.45. The molecule has 6 heteroatoms. The fourth-order valence-corrected chi connectivity index (χ4v) is 2.10. The van der Waals surface area contributed by atoms with Crippen molar-refractivity contribution in [3.8, 4) is 6.01 Å². The second-order valence-corrected chi connectivity index (χ2v) is 5.30. The fourth-order valence-electron chi connectivity index (χ4n) is 1.97. The Bertz CT molecular complexity index is 704. The number of halogens is 1. The molecule has 0 radical (unpaired) electrons. The average Bonchev–Trinajstić information content (AvgIpc) is 2.51. The van der Waals surface area contributed by atoms with E-state index in [0.717, 1.165) is 5.56 Å². The Balaban J connectivity index is 2.09. The van der Waals surface area contributed by atoms with Crippen LogP contribution in [-0.4, -0.2) is 22.5 Å². The first kappa shape index (κ1) is 17.0. The number of amides is 1. The predicted octanol–water partition coefficient (Wildman–Crippen LogP) is 3.80. The maximum Gasteiger partial charge on any atom is 0.316 e. The van der Waals surface area contributed by atoms with Crippen LogP contribution in [0.1, 0.15) is 23.9 Å². The van der Waals surface area contributed by atoms with E-state index in [2.05, 4.69) is 15.3 Å². The molecule has 0 aliphatic carbocycles. The van der Waals surface area contributed by atoms with Gasteiger partial charge in [-0.3, -0.25) is 4.79 Å². The lowest BCUT2D eigenvalue weighted by Crippen LogP contribution is -2.13. The molecule has 1 amide bonds. The number of hydrogen-bond donors (Lipinski definition) is 1. The summed E-state index contributed by atoms with van der Waals surface area (Å²) >= 11 is 5.82. The summed E-state index contributed by atoms with van der Waals surface area (Å²) < 4.78 is 5.28. The first-order valence-corrected chi connectivity index (χ1v) is 7.60. The lowest BCUT2D eigenvalue weighted by molar-refractivity contribution is -0.111. The molecule has 0 bridgehead atoms. The van der Waals surface area contributed by atoms with Crippen LogP contribution in [0.15, 0.2) is 30.3 Å². The number of ether oxygens (including phenoxy) is 1. The van der Waals surface area contributed by atoms with E-state index in [-0.39, 0.29) is 5.91 Å². The van der Waals surface area contributed by atoms with E-state index in [1.165, 1.54) is 6.08 Å². The van der Waals surface area contributed by atoms with Crippen LogP contribution in [0.3, 0.4) is 0 Å². The van der Waals surface area contributed by atoms with Crippen LogP contribution in [0.25, 0.3) is 6.08 Å². The van der Waals surface area contributed by atoms with E-state index in [9.17, 15) is 4.79 Å². The summed E-state index contributed by atoms with van der Waals surface area (Å²) in [6, 6.07) is 7.53. The van der Waals surface area contributed by atoms with Crippen molar-refractivity contribution in [2.75, 3.05) is 11.9 Å². The van der Waals surface area contributed by atoms with Crippen LogP contribution in [-0.2, 0) is 4.79 Å². The summed E-state index contributed by atoms with van der Waals surface area (Å²) in [5.41, 5.74) is 2.81. The van der Waals surface area contributed by atoms with E-state index >= 15 is 0 Å². The molecule has 0 spiro atoms. The summed E-state index contributed by atoms with van der Waals surface area (Å²) in [6.45, 7) is 5.96. The van der Waals surface area contributed by atoms with Crippen molar-refractivity contribution in [1.29, 1.82) is 0 Å². The largest absolute Gasteiger partial charge is 0.464 e. The van der Waals surface area contributed by atoms with Gasteiger partial charge < -0.3 is 10.1 Å². The van der Waals surface area contributed by atoms with Crippen LogP contribution < -0.4 is 10.1 Å². The summed E-state index contributed by atoms with van der Waals surface area (Å²) in [5.74, 6) is -0.251. The van der Waals surface area contributed by atoms with Gasteiger partial charge in [0.05, 0.1) is 23.7 Å². The molecule has 1 heterocycles. The van der Waals surface area contributed by atoms with Crippen LogP contribution in [0.4, 0.5) is 5.69 Å². The van der Waals surface area contributed by atoms with Gasteiger partial charge in [0.2, 0.25) is 5.91 Å². The number of aryl methyl sites for hydroxylation is 2. The van der Waals surface area contributed by atoms with Crippen molar-refractivity contribution in [2.24, 2.45) is 0 Å². The minimum atomic E-state index is -0.251. The molecule has 0 unspecified atom stereocenters. The van der Waals surface area contributed by atoms with Gasteiger partial charge in [-0.15, -0.1) is 0 Å². The first-order valence-electron chi connectivity index (χ1n) is 7.22. The molecule has 0 aliphatic rings. The number of aromatic nitrogens is 2. The van der Waals surface area contributed by atoms with Gasteiger partial charge in [0, 0.05) is 11.1 Å². The van der Waals surface area contributed by atoms with E-state index in [0.29, 0.717) is 34.7 Å². The normalized spacial score (nSPS) is 10.8. The van der Waals surface area contributed by atoms with E-state index in [1.807, 2.05) is 19.1 Å². The number of hydrogen-bond acceptors (Lipinski definition) is 4. The van der Waals surface area contributed by atoms with Crippen molar-refractivity contribution in [3.05, 3.63) is 52.3 Å². The zero-order valence-electron chi connectivity index (χ0n) is 13.3. The van der Waals surface area contributed by atoms with Crippen LogP contribution in [0.2, 0.25) is 5.02 Å². The topological polar surface area (TPSA) is 64.1 Å². The van der Waals surface area contributed by atoms with Crippen LogP contribution >= 0.6 is 11.6 Å². The molecule has 1 aromatic carbocycles. The summed E-state index contributed by atoms with van der Waals surface area (Å²) in [7, 11) is 0. The maximum absolute atomic E-state index is 12.1. The Morgan fingerprint density at radius 2 is 1.83 bits per heavy atom. The van der Waals surface area contributed by atoms with Gasteiger partial charge in [0.15, 0.2) is 0 Å². The number of carbonyl (C=O) groups excluding carboxylic acids is 1. The highest BCUT2D eigenvalue weighted by molar-refractivity contribution is 6.30. The van der Waals surface area contributed by atoms with Gasteiger partial charge in [-0.05, 0) is 44.5 Å². The second kappa shape index (κ2) is 7.74. The van der Waals surface area contributed by atoms with Gasteiger partial charge in [-0.2, -0.15) is 9.97 Å². The van der Waals surface area contributed by atoms with Crippen LogP contribution in [0.5, 0.6) is 6.01 Å². The number of benzene rings is 1. The van der Waals surface area contributed by atoms with Crippen molar-refractivity contribution < 1.29 is 9.53 Å². The highest BCUT2D eigenvalue weighted by atomic mass is 35.5. The summed E-state index contributed by atoms with van der Waals surface area (Å²) in [6.07, 6.45) is 3.17. The average molecular weight is 332 g/mol. The van der Waals surface area contributed by atoms with Crippen LogP contribution in [0, 0.1) is 13.8 Å². The Labute approximate surface area is 140 Å². The Morgan fingerprint density at radius 3 is 2.39 bits per heavy atom.